The highest BCUT2D eigenvalue weighted by molar-refractivity contribution is 14.1. The summed E-state index contributed by atoms with van der Waals surface area (Å²) in [5, 5.41) is 12.3. The van der Waals surface area contributed by atoms with Crippen LogP contribution in [0.4, 0.5) is 0 Å². The highest BCUT2D eigenvalue weighted by atomic mass is 127. The van der Waals surface area contributed by atoms with Gasteiger partial charge >= 0.3 is 0 Å². The van der Waals surface area contributed by atoms with E-state index in [0.29, 0.717) is 6.54 Å². The van der Waals surface area contributed by atoms with Crippen molar-refractivity contribution < 1.29 is 4.79 Å². The van der Waals surface area contributed by atoms with Crippen molar-refractivity contribution in [3.05, 3.63) is 91.8 Å². The first-order valence-corrected chi connectivity index (χ1v) is 10.4. The monoisotopic (exact) mass is 495 g/mol. The van der Waals surface area contributed by atoms with Gasteiger partial charge in [-0.3, -0.25) is 4.79 Å². The molecule has 0 atom stereocenters. The van der Waals surface area contributed by atoms with E-state index >= 15 is 0 Å². The molecule has 0 radical (unpaired) electrons. The molecule has 146 valence electrons. The number of benzene rings is 2. The predicted octanol–water partition coefficient (Wildman–Crippen LogP) is 5.23. The maximum Gasteiger partial charge on any atom is 0.262 e. The minimum absolute atomic E-state index is 0.0969. The molecule has 0 unspecified atom stereocenters. The maximum atomic E-state index is 12.5. The molecular weight excluding hydrogens is 473 g/mol. The van der Waals surface area contributed by atoms with Crippen LogP contribution in [-0.2, 0) is 11.3 Å². The van der Waals surface area contributed by atoms with Gasteiger partial charge in [-0.25, -0.2) is 0 Å². The van der Waals surface area contributed by atoms with Crippen LogP contribution in [0.15, 0.2) is 60.2 Å². The zero-order chi connectivity index (χ0) is 21.0. The molecule has 0 aliphatic carbocycles. The molecule has 1 amide bonds. The zero-order valence-electron chi connectivity index (χ0n) is 16.7. The van der Waals surface area contributed by atoms with Crippen LogP contribution in [0.3, 0.4) is 0 Å². The van der Waals surface area contributed by atoms with Crippen LogP contribution in [0.2, 0.25) is 0 Å². The highest BCUT2D eigenvalue weighted by Gasteiger charge is 2.14. The lowest BCUT2D eigenvalue weighted by molar-refractivity contribution is -0.117. The van der Waals surface area contributed by atoms with Crippen LogP contribution < -0.4 is 5.32 Å². The number of carbonyl (C=O) groups is 1. The summed E-state index contributed by atoms with van der Waals surface area (Å²) in [5.41, 5.74) is 6.30. The molecule has 3 rings (SSSR count). The van der Waals surface area contributed by atoms with E-state index in [9.17, 15) is 10.1 Å². The fraction of sp³-hybridized carbons (Fsp3) is 0.167. The van der Waals surface area contributed by atoms with Gasteiger partial charge in [-0.15, -0.1) is 0 Å². The second-order valence-corrected chi connectivity index (χ2v) is 8.10. The van der Waals surface area contributed by atoms with Crippen molar-refractivity contribution in [1.82, 2.24) is 9.88 Å². The molecule has 5 heteroatoms. The fourth-order valence-corrected chi connectivity index (χ4v) is 3.73. The Bertz CT molecular complexity index is 1120. The van der Waals surface area contributed by atoms with Crippen molar-refractivity contribution in [1.29, 1.82) is 5.26 Å². The Hall–Kier alpha value is -2.85. The number of rotatable bonds is 5. The van der Waals surface area contributed by atoms with Gasteiger partial charge in [-0.2, -0.15) is 5.26 Å². The number of carbonyl (C=O) groups excluding carboxylic acids is 1. The second-order valence-electron chi connectivity index (χ2n) is 6.93. The molecule has 3 aromatic rings. The third-order valence-electron chi connectivity index (χ3n) is 4.84. The molecule has 0 spiro atoms. The smallest absolute Gasteiger partial charge is 0.262 e. The number of amides is 1. The van der Waals surface area contributed by atoms with E-state index in [4.69, 9.17) is 0 Å². The highest BCUT2D eigenvalue weighted by Crippen LogP contribution is 2.25. The standard InChI is InChI=1S/C24H22IN3O/c1-16-9-10-22(13-23(16)25)28-17(2)11-20(18(28)3)12-21(14-26)24(29)27-15-19-7-5-4-6-8-19/h4-13H,15H2,1-3H3,(H,27,29)/b21-12+. The molecule has 0 aliphatic rings. The third kappa shape index (κ3) is 4.77. The summed E-state index contributed by atoms with van der Waals surface area (Å²) in [6.07, 6.45) is 1.66. The molecule has 0 aliphatic heterocycles. The van der Waals surface area contributed by atoms with E-state index < -0.39 is 0 Å². The lowest BCUT2D eigenvalue weighted by atomic mass is 10.1. The lowest BCUT2D eigenvalue weighted by Gasteiger charge is -2.11. The Balaban J connectivity index is 1.87. The number of nitriles is 1. The van der Waals surface area contributed by atoms with Crippen LogP contribution in [0.1, 0.15) is 28.1 Å². The molecule has 1 N–H and O–H groups in total. The van der Waals surface area contributed by atoms with E-state index in [0.717, 1.165) is 28.2 Å². The summed E-state index contributed by atoms with van der Waals surface area (Å²) in [6, 6.07) is 20.0. The minimum Gasteiger partial charge on any atom is -0.347 e. The summed E-state index contributed by atoms with van der Waals surface area (Å²) >= 11 is 2.33. The molecule has 1 heterocycles. The summed E-state index contributed by atoms with van der Waals surface area (Å²) in [5.74, 6) is -0.369. The summed E-state index contributed by atoms with van der Waals surface area (Å²) in [4.78, 5) is 12.5. The van der Waals surface area contributed by atoms with Gasteiger partial charge in [-0.05, 0) is 84.3 Å². The van der Waals surface area contributed by atoms with Gasteiger partial charge in [0.1, 0.15) is 11.6 Å². The van der Waals surface area contributed by atoms with Crippen LogP contribution in [0.25, 0.3) is 11.8 Å². The van der Waals surface area contributed by atoms with Gasteiger partial charge in [-0.1, -0.05) is 36.4 Å². The summed E-state index contributed by atoms with van der Waals surface area (Å²) < 4.78 is 3.34. The van der Waals surface area contributed by atoms with E-state index in [1.54, 1.807) is 6.08 Å². The Kier molecular flexibility index (Phi) is 6.55. The molecule has 0 saturated carbocycles. The number of aromatic nitrogens is 1. The number of hydrogen-bond acceptors (Lipinski definition) is 2. The largest absolute Gasteiger partial charge is 0.347 e. The van der Waals surface area contributed by atoms with Crippen molar-refractivity contribution in [3.8, 4) is 11.8 Å². The predicted molar refractivity (Wildman–Crippen MR) is 125 cm³/mol. The fourth-order valence-electron chi connectivity index (χ4n) is 3.23. The molecule has 1 aromatic heterocycles. The molecule has 4 nitrogen and oxygen atoms in total. The van der Waals surface area contributed by atoms with Crippen LogP contribution in [0.5, 0.6) is 0 Å². The van der Waals surface area contributed by atoms with Gasteiger partial charge < -0.3 is 9.88 Å². The second kappa shape index (κ2) is 9.10. The summed E-state index contributed by atoms with van der Waals surface area (Å²) in [6.45, 7) is 6.50. The Labute approximate surface area is 185 Å². The average Bonchev–Trinajstić information content (AvgIpc) is 3.00. The first-order valence-electron chi connectivity index (χ1n) is 9.30. The minimum atomic E-state index is -0.369. The molecule has 0 bridgehead atoms. The van der Waals surface area contributed by atoms with Crippen LogP contribution >= 0.6 is 22.6 Å². The normalized spacial score (nSPS) is 11.2. The zero-order valence-corrected chi connectivity index (χ0v) is 18.8. The number of nitrogens with zero attached hydrogens (tertiary/aromatic N) is 2. The number of nitrogens with one attached hydrogen (secondary N) is 1. The van der Waals surface area contributed by atoms with Crippen LogP contribution in [-0.4, -0.2) is 10.5 Å². The maximum absolute atomic E-state index is 12.5. The number of aryl methyl sites for hydroxylation is 2. The van der Waals surface area contributed by atoms with E-state index in [1.165, 1.54) is 9.13 Å². The molecule has 0 saturated heterocycles. The van der Waals surface area contributed by atoms with Gasteiger partial charge in [0.05, 0.1) is 0 Å². The van der Waals surface area contributed by atoms with E-state index in [1.807, 2.05) is 56.3 Å². The molecule has 0 fully saturated rings. The Morgan fingerprint density at radius 3 is 2.52 bits per heavy atom. The van der Waals surface area contributed by atoms with Gasteiger partial charge in [0.15, 0.2) is 0 Å². The van der Waals surface area contributed by atoms with Crippen molar-refractivity contribution in [2.75, 3.05) is 0 Å². The van der Waals surface area contributed by atoms with Crippen LogP contribution in [0, 0.1) is 35.7 Å². The number of hydrogen-bond donors (Lipinski definition) is 1. The van der Waals surface area contributed by atoms with Crippen molar-refractivity contribution in [2.24, 2.45) is 0 Å². The third-order valence-corrected chi connectivity index (χ3v) is 6.01. The van der Waals surface area contributed by atoms with E-state index in [2.05, 4.69) is 57.6 Å². The number of halogens is 1. The molecular formula is C24H22IN3O. The quantitative estimate of drug-likeness (QED) is 0.300. The van der Waals surface area contributed by atoms with E-state index in [-0.39, 0.29) is 11.5 Å². The average molecular weight is 495 g/mol. The van der Waals surface area contributed by atoms with Crippen molar-refractivity contribution >= 4 is 34.6 Å². The van der Waals surface area contributed by atoms with Gasteiger partial charge in [0, 0.05) is 27.2 Å². The van der Waals surface area contributed by atoms with Gasteiger partial charge in [0.25, 0.3) is 5.91 Å². The van der Waals surface area contributed by atoms with Crippen molar-refractivity contribution in [2.45, 2.75) is 27.3 Å². The Morgan fingerprint density at radius 2 is 1.86 bits per heavy atom. The van der Waals surface area contributed by atoms with Crippen molar-refractivity contribution in [3.63, 3.8) is 0 Å². The first-order chi connectivity index (χ1) is 13.9. The Morgan fingerprint density at radius 1 is 1.14 bits per heavy atom. The molecule has 29 heavy (non-hydrogen) atoms. The SMILES string of the molecule is Cc1ccc(-n2c(C)cc(/C=C(\C#N)C(=O)NCc3ccccc3)c2C)cc1I. The van der Waals surface area contributed by atoms with Gasteiger partial charge in [0.2, 0.25) is 0 Å². The molecule has 2 aromatic carbocycles. The summed E-state index contributed by atoms with van der Waals surface area (Å²) in [7, 11) is 0. The first kappa shape index (κ1) is 20.9. The lowest BCUT2D eigenvalue weighted by Crippen LogP contribution is -2.23. The topological polar surface area (TPSA) is 57.8 Å².